The molecule has 0 bridgehead atoms. The summed E-state index contributed by atoms with van der Waals surface area (Å²) in [4.78, 5) is 0. The lowest BCUT2D eigenvalue weighted by Crippen LogP contribution is -2.29. The van der Waals surface area contributed by atoms with Gasteiger partial charge in [0.25, 0.3) is 0 Å². The van der Waals surface area contributed by atoms with Crippen molar-refractivity contribution in [1.29, 1.82) is 0 Å². The molecule has 0 amide bonds. The van der Waals surface area contributed by atoms with Gasteiger partial charge in [0.05, 0.1) is 32.5 Å². The molecule has 0 heterocycles. The van der Waals surface area contributed by atoms with Crippen molar-refractivity contribution >= 4 is 0 Å². The third kappa shape index (κ3) is 6.58. The summed E-state index contributed by atoms with van der Waals surface area (Å²) in [7, 11) is 1.70. The Labute approximate surface area is 165 Å². The SMILES string of the molecule is COCCOCCOC1CCC(C2CCC(c3ccc(C)cc3)CC2)CC1. The Morgan fingerprint density at radius 2 is 1.33 bits per heavy atom. The minimum absolute atomic E-state index is 0.455. The summed E-state index contributed by atoms with van der Waals surface area (Å²) < 4.78 is 16.5. The molecular formula is C24H38O3. The van der Waals surface area contributed by atoms with Crippen LogP contribution in [0.3, 0.4) is 0 Å². The third-order valence-corrected chi connectivity index (χ3v) is 6.72. The maximum atomic E-state index is 6.02. The van der Waals surface area contributed by atoms with Crippen molar-refractivity contribution in [2.45, 2.75) is 70.3 Å². The predicted octanol–water partition coefficient (Wildman–Crippen LogP) is 5.51. The molecule has 0 aromatic heterocycles. The number of benzene rings is 1. The van der Waals surface area contributed by atoms with Crippen molar-refractivity contribution in [3.8, 4) is 0 Å². The molecule has 0 unspecified atom stereocenters. The number of ether oxygens (including phenoxy) is 3. The van der Waals surface area contributed by atoms with E-state index in [1.165, 1.54) is 56.9 Å². The summed E-state index contributed by atoms with van der Waals surface area (Å²) in [6, 6.07) is 9.24. The molecule has 2 aliphatic carbocycles. The van der Waals surface area contributed by atoms with Crippen LogP contribution in [0.5, 0.6) is 0 Å². The quantitative estimate of drug-likeness (QED) is 0.534. The maximum absolute atomic E-state index is 6.02. The third-order valence-electron chi connectivity index (χ3n) is 6.72. The van der Waals surface area contributed by atoms with Crippen LogP contribution in [-0.2, 0) is 14.2 Å². The molecule has 2 fully saturated rings. The first-order chi connectivity index (χ1) is 13.3. The molecular weight excluding hydrogens is 336 g/mol. The van der Waals surface area contributed by atoms with Crippen molar-refractivity contribution in [2.75, 3.05) is 33.5 Å². The van der Waals surface area contributed by atoms with Crippen LogP contribution < -0.4 is 0 Å². The molecule has 3 heteroatoms. The Kier molecular flexibility index (Phi) is 8.63. The van der Waals surface area contributed by atoms with Crippen LogP contribution in [0.25, 0.3) is 0 Å². The van der Waals surface area contributed by atoms with Crippen LogP contribution in [0, 0.1) is 18.8 Å². The molecule has 1 aromatic carbocycles. The first kappa shape index (κ1) is 20.8. The molecule has 0 atom stereocenters. The maximum Gasteiger partial charge on any atom is 0.0704 e. The average Bonchev–Trinajstić information content (AvgIpc) is 2.72. The normalized spacial score (nSPS) is 29.0. The minimum atomic E-state index is 0.455. The summed E-state index contributed by atoms with van der Waals surface area (Å²) in [5.74, 6) is 2.67. The first-order valence-corrected chi connectivity index (χ1v) is 11.0. The zero-order chi connectivity index (χ0) is 18.9. The lowest BCUT2D eigenvalue weighted by Gasteiger charge is -2.38. The van der Waals surface area contributed by atoms with Gasteiger partial charge in [-0.2, -0.15) is 0 Å². The van der Waals surface area contributed by atoms with Gasteiger partial charge < -0.3 is 14.2 Å². The van der Waals surface area contributed by atoms with Crippen LogP contribution in [0.4, 0.5) is 0 Å². The van der Waals surface area contributed by atoms with E-state index in [0.717, 1.165) is 24.4 Å². The lowest BCUT2D eigenvalue weighted by atomic mass is 9.69. The van der Waals surface area contributed by atoms with E-state index in [1.54, 1.807) is 12.7 Å². The summed E-state index contributed by atoms with van der Waals surface area (Å²) in [6.07, 6.45) is 11.2. The Bertz CT molecular complexity index is 511. The molecule has 0 aliphatic heterocycles. The second-order valence-electron chi connectivity index (χ2n) is 8.54. The zero-order valence-electron chi connectivity index (χ0n) is 17.3. The second-order valence-corrected chi connectivity index (χ2v) is 8.54. The van der Waals surface area contributed by atoms with Crippen molar-refractivity contribution < 1.29 is 14.2 Å². The molecule has 27 heavy (non-hydrogen) atoms. The van der Waals surface area contributed by atoms with Gasteiger partial charge in [-0.05, 0) is 81.6 Å². The topological polar surface area (TPSA) is 27.7 Å². The zero-order valence-corrected chi connectivity index (χ0v) is 17.3. The van der Waals surface area contributed by atoms with Crippen LogP contribution >= 0.6 is 0 Å². The van der Waals surface area contributed by atoms with Crippen molar-refractivity contribution in [3.05, 3.63) is 35.4 Å². The van der Waals surface area contributed by atoms with Gasteiger partial charge in [-0.25, -0.2) is 0 Å². The average molecular weight is 375 g/mol. The van der Waals surface area contributed by atoms with Crippen LogP contribution in [0.15, 0.2) is 24.3 Å². The number of aryl methyl sites for hydroxylation is 1. The van der Waals surface area contributed by atoms with E-state index < -0.39 is 0 Å². The smallest absolute Gasteiger partial charge is 0.0704 e. The van der Waals surface area contributed by atoms with E-state index in [1.807, 2.05) is 0 Å². The van der Waals surface area contributed by atoms with Gasteiger partial charge in [-0.15, -0.1) is 0 Å². The van der Waals surface area contributed by atoms with E-state index in [4.69, 9.17) is 14.2 Å². The second kappa shape index (κ2) is 11.2. The Morgan fingerprint density at radius 1 is 0.741 bits per heavy atom. The molecule has 0 N–H and O–H groups in total. The molecule has 2 aliphatic rings. The lowest BCUT2D eigenvalue weighted by molar-refractivity contribution is -0.0281. The summed E-state index contributed by atoms with van der Waals surface area (Å²) in [6.45, 7) is 4.91. The number of hydrogen-bond acceptors (Lipinski definition) is 3. The van der Waals surface area contributed by atoms with E-state index in [-0.39, 0.29) is 0 Å². The Balaban J connectivity index is 1.31. The van der Waals surface area contributed by atoms with Crippen molar-refractivity contribution in [2.24, 2.45) is 11.8 Å². The van der Waals surface area contributed by atoms with Gasteiger partial charge in [-0.1, -0.05) is 29.8 Å². The van der Waals surface area contributed by atoms with E-state index in [0.29, 0.717) is 25.9 Å². The summed E-state index contributed by atoms with van der Waals surface area (Å²) >= 11 is 0. The van der Waals surface area contributed by atoms with Crippen LogP contribution in [-0.4, -0.2) is 39.6 Å². The minimum Gasteiger partial charge on any atom is -0.382 e. The number of methoxy groups -OCH3 is 1. The van der Waals surface area contributed by atoms with Gasteiger partial charge >= 0.3 is 0 Å². The van der Waals surface area contributed by atoms with E-state index >= 15 is 0 Å². The monoisotopic (exact) mass is 374 g/mol. The summed E-state index contributed by atoms with van der Waals surface area (Å²) in [5.41, 5.74) is 2.93. The fraction of sp³-hybridized carbons (Fsp3) is 0.750. The van der Waals surface area contributed by atoms with Gasteiger partial charge in [0, 0.05) is 7.11 Å². The molecule has 3 nitrogen and oxygen atoms in total. The first-order valence-electron chi connectivity index (χ1n) is 11.0. The van der Waals surface area contributed by atoms with Gasteiger partial charge in [0.1, 0.15) is 0 Å². The summed E-state index contributed by atoms with van der Waals surface area (Å²) in [5, 5.41) is 0. The molecule has 152 valence electrons. The van der Waals surface area contributed by atoms with Crippen LogP contribution in [0.2, 0.25) is 0 Å². The van der Waals surface area contributed by atoms with Gasteiger partial charge in [0.15, 0.2) is 0 Å². The van der Waals surface area contributed by atoms with Crippen LogP contribution in [0.1, 0.15) is 68.4 Å². The van der Waals surface area contributed by atoms with Gasteiger partial charge in [0.2, 0.25) is 0 Å². The number of rotatable bonds is 9. The largest absolute Gasteiger partial charge is 0.382 e. The number of hydrogen-bond donors (Lipinski definition) is 0. The molecule has 0 saturated heterocycles. The Morgan fingerprint density at radius 3 is 1.96 bits per heavy atom. The highest BCUT2D eigenvalue weighted by atomic mass is 16.5. The molecule has 3 rings (SSSR count). The molecule has 1 aromatic rings. The molecule has 0 spiro atoms. The predicted molar refractivity (Wildman–Crippen MR) is 110 cm³/mol. The fourth-order valence-corrected chi connectivity index (χ4v) is 5.01. The fourth-order valence-electron chi connectivity index (χ4n) is 5.01. The highest BCUT2D eigenvalue weighted by Gasteiger charge is 2.31. The van der Waals surface area contributed by atoms with E-state index in [2.05, 4.69) is 31.2 Å². The standard InChI is InChI=1S/C24H38O3/c1-19-3-5-20(6-4-19)21-7-9-22(10-8-21)23-11-13-24(14-12-23)27-18-17-26-16-15-25-2/h3-6,21-24H,7-18H2,1-2H3. The van der Waals surface area contributed by atoms with Gasteiger partial charge in [-0.3, -0.25) is 0 Å². The van der Waals surface area contributed by atoms with E-state index in [9.17, 15) is 0 Å². The van der Waals surface area contributed by atoms with Crippen molar-refractivity contribution in [1.82, 2.24) is 0 Å². The van der Waals surface area contributed by atoms with Crippen molar-refractivity contribution in [3.63, 3.8) is 0 Å². The molecule has 2 saturated carbocycles. The highest BCUT2D eigenvalue weighted by molar-refractivity contribution is 5.24. The Hall–Kier alpha value is -0.900. The highest BCUT2D eigenvalue weighted by Crippen LogP contribution is 2.43. The molecule has 0 radical (unpaired) electrons.